The van der Waals surface area contributed by atoms with Gasteiger partial charge in [0.15, 0.2) is 0 Å². The van der Waals surface area contributed by atoms with E-state index < -0.39 is 0 Å². The summed E-state index contributed by atoms with van der Waals surface area (Å²) in [5.41, 5.74) is 2.92. The Morgan fingerprint density at radius 2 is 1.87 bits per heavy atom. The summed E-state index contributed by atoms with van der Waals surface area (Å²) < 4.78 is 0. The fourth-order valence-electron chi connectivity index (χ4n) is 2.96. The Kier molecular flexibility index (Phi) is 2.44. The molecule has 3 atom stereocenters. The first-order chi connectivity index (χ1) is 7.34. The predicted molar refractivity (Wildman–Crippen MR) is 68.0 cm³/mol. The van der Waals surface area contributed by atoms with Crippen molar-refractivity contribution in [1.29, 1.82) is 0 Å². The van der Waals surface area contributed by atoms with E-state index in [1.54, 1.807) is 0 Å². The molecule has 1 aromatic rings. The van der Waals surface area contributed by atoms with Gasteiger partial charge in [0.05, 0.1) is 0 Å². The molecule has 2 aliphatic rings. The van der Waals surface area contributed by atoms with Crippen molar-refractivity contribution >= 4 is 21.5 Å². The van der Waals surface area contributed by atoms with Crippen LogP contribution in [-0.2, 0) is 0 Å². The van der Waals surface area contributed by atoms with Gasteiger partial charge in [-0.1, -0.05) is 52.3 Å². The number of hydrogen-bond acceptors (Lipinski definition) is 0. The van der Waals surface area contributed by atoms with E-state index in [0.29, 0.717) is 4.83 Å². The normalized spacial score (nSPS) is 33.9. The molecular weight excluding hydrogens is 248 g/mol. The first-order valence-electron chi connectivity index (χ1n) is 5.76. The largest absolute Gasteiger partial charge is 0.0836 e. The zero-order valence-electron chi connectivity index (χ0n) is 8.70. The SMILES string of the molecule is Br[C@@H]1C(c2ccccc2)=C[C@H]2CC[C@H]1C2. The van der Waals surface area contributed by atoms with E-state index in [0.717, 1.165) is 11.8 Å². The van der Waals surface area contributed by atoms with Crippen molar-refractivity contribution in [3.05, 3.63) is 42.0 Å². The van der Waals surface area contributed by atoms with Crippen molar-refractivity contribution in [1.82, 2.24) is 0 Å². The van der Waals surface area contributed by atoms with Crippen LogP contribution in [0.1, 0.15) is 24.8 Å². The summed E-state index contributed by atoms with van der Waals surface area (Å²) in [6.45, 7) is 0. The van der Waals surface area contributed by atoms with E-state index in [4.69, 9.17) is 0 Å². The number of alkyl halides is 1. The Morgan fingerprint density at radius 3 is 2.67 bits per heavy atom. The monoisotopic (exact) mass is 262 g/mol. The number of rotatable bonds is 1. The van der Waals surface area contributed by atoms with Crippen molar-refractivity contribution < 1.29 is 0 Å². The standard InChI is InChI=1S/C14H15Br/c15-14-12-7-6-10(8-12)9-13(14)11-4-2-1-3-5-11/h1-5,9-10,12,14H,6-8H2/t10-,12-,14-/m0/s1. The van der Waals surface area contributed by atoms with E-state index in [2.05, 4.69) is 52.3 Å². The quantitative estimate of drug-likeness (QED) is 0.664. The highest BCUT2D eigenvalue weighted by Gasteiger charge is 2.35. The van der Waals surface area contributed by atoms with Crippen LogP contribution in [0, 0.1) is 11.8 Å². The summed E-state index contributed by atoms with van der Waals surface area (Å²) >= 11 is 3.88. The lowest BCUT2D eigenvalue weighted by Gasteiger charge is -2.25. The van der Waals surface area contributed by atoms with Gasteiger partial charge in [-0.15, -0.1) is 0 Å². The van der Waals surface area contributed by atoms with E-state index in [-0.39, 0.29) is 0 Å². The topological polar surface area (TPSA) is 0 Å². The number of benzene rings is 1. The molecule has 78 valence electrons. The molecule has 0 unspecified atom stereocenters. The third kappa shape index (κ3) is 1.67. The van der Waals surface area contributed by atoms with Gasteiger partial charge in [-0.25, -0.2) is 0 Å². The Bertz CT molecular complexity index is 380. The Morgan fingerprint density at radius 1 is 1.07 bits per heavy atom. The molecule has 1 heteroatoms. The minimum absolute atomic E-state index is 0.582. The summed E-state index contributed by atoms with van der Waals surface area (Å²) in [5, 5.41) is 0. The minimum atomic E-state index is 0.582. The molecule has 3 rings (SSSR count). The van der Waals surface area contributed by atoms with Gasteiger partial charge in [-0.2, -0.15) is 0 Å². The average molecular weight is 263 g/mol. The lowest BCUT2D eigenvalue weighted by atomic mass is 9.86. The molecule has 1 saturated carbocycles. The lowest BCUT2D eigenvalue weighted by Crippen LogP contribution is -2.17. The van der Waals surface area contributed by atoms with Gasteiger partial charge in [0, 0.05) is 4.83 Å². The fraction of sp³-hybridized carbons (Fsp3) is 0.429. The third-order valence-electron chi connectivity index (χ3n) is 3.75. The van der Waals surface area contributed by atoms with Crippen molar-refractivity contribution in [3.63, 3.8) is 0 Å². The van der Waals surface area contributed by atoms with Gasteiger partial charge >= 0.3 is 0 Å². The average Bonchev–Trinajstić information content (AvgIpc) is 2.69. The van der Waals surface area contributed by atoms with Crippen molar-refractivity contribution in [2.45, 2.75) is 24.1 Å². The second-order valence-corrected chi connectivity index (χ2v) is 5.71. The third-order valence-corrected chi connectivity index (χ3v) is 4.99. The molecule has 0 radical (unpaired) electrons. The number of allylic oxidation sites excluding steroid dienone is 2. The zero-order chi connectivity index (χ0) is 10.3. The fourth-order valence-corrected chi connectivity index (χ4v) is 3.85. The second kappa shape index (κ2) is 3.79. The number of halogens is 1. The van der Waals surface area contributed by atoms with Crippen molar-refractivity contribution in [2.75, 3.05) is 0 Å². The molecule has 0 aromatic heterocycles. The maximum Gasteiger partial charge on any atom is 0.0426 e. The van der Waals surface area contributed by atoms with Gasteiger partial charge in [0.1, 0.15) is 0 Å². The molecule has 0 heterocycles. The maximum atomic E-state index is 3.88. The highest BCUT2D eigenvalue weighted by molar-refractivity contribution is 9.09. The van der Waals surface area contributed by atoms with Crippen LogP contribution < -0.4 is 0 Å². The summed E-state index contributed by atoms with van der Waals surface area (Å²) in [5.74, 6) is 1.72. The van der Waals surface area contributed by atoms with Crippen LogP contribution in [0.3, 0.4) is 0 Å². The molecule has 0 nitrogen and oxygen atoms in total. The molecule has 1 fully saturated rings. The Labute approximate surface area is 99.5 Å². The second-order valence-electron chi connectivity index (χ2n) is 4.72. The van der Waals surface area contributed by atoms with Crippen LogP contribution in [0.25, 0.3) is 5.57 Å². The van der Waals surface area contributed by atoms with Crippen LogP contribution in [0.2, 0.25) is 0 Å². The van der Waals surface area contributed by atoms with Gasteiger partial charge in [0.25, 0.3) is 0 Å². The van der Waals surface area contributed by atoms with Gasteiger partial charge in [-0.3, -0.25) is 0 Å². The summed E-state index contributed by atoms with van der Waals surface area (Å²) in [4.78, 5) is 0.582. The summed E-state index contributed by atoms with van der Waals surface area (Å²) in [6.07, 6.45) is 6.68. The van der Waals surface area contributed by atoms with Crippen LogP contribution >= 0.6 is 15.9 Å². The molecule has 15 heavy (non-hydrogen) atoms. The molecular formula is C14H15Br. The first kappa shape index (κ1) is 9.65. The summed E-state index contributed by atoms with van der Waals surface area (Å²) in [6, 6.07) is 10.8. The highest BCUT2D eigenvalue weighted by Crippen LogP contribution is 2.47. The molecule has 1 aromatic carbocycles. The predicted octanol–water partition coefficient (Wildman–Crippen LogP) is 4.26. The molecule has 0 spiro atoms. The Balaban J connectivity index is 1.99. The molecule has 0 aliphatic heterocycles. The molecule has 0 N–H and O–H groups in total. The van der Waals surface area contributed by atoms with Crippen LogP contribution in [0.5, 0.6) is 0 Å². The van der Waals surface area contributed by atoms with Crippen LogP contribution in [0.4, 0.5) is 0 Å². The van der Waals surface area contributed by atoms with E-state index in [9.17, 15) is 0 Å². The minimum Gasteiger partial charge on any atom is -0.0836 e. The summed E-state index contributed by atoms with van der Waals surface area (Å²) in [7, 11) is 0. The Hall–Kier alpha value is -0.560. The highest BCUT2D eigenvalue weighted by atomic mass is 79.9. The number of fused-ring (bicyclic) bond motifs is 2. The van der Waals surface area contributed by atoms with Gasteiger partial charge in [0.2, 0.25) is 0 Å². The van der Waals surface area contributed by atoms with E-state index in [1.165, 1.54) is 30.4 Å². The first-order valence-corrected chi connectivity index (χ1v) is 6.67. The van der Waals surface area contributed by atoms with Crippen molar-refractivity contribution in [3.8, 4) is 0 Å². The molecule has 2 aliphatic carbocycles. The van der Waals surface area contributed by atoms with Gasteiger partial charge < -0.3 is 0 Å². The van der Waals surface area contributed by atoms with E-state index >= 15 is 0 Å². The number of hydrogen-bond donors (Lipinski definition) is 0. The van der Waals surface area contributed by atoms with Crippen molar-refractivity contribution in [2.24, 2.45) is 11.8 Å². The van der Waals surface area contributed by atoms with Crippen LogP contribution in [0.15, 0.2) is 36.4 Å². The molecule has 2 bridgehead atoms. The zero-order valence-corrected chi connectivity index (χ0v) is 10.3. The van der Waals surface area contributed by atoms with E-state index in [1.807, 2.05) is 0 Å². The lowest BCUT2D eigenvalue weighted by molar-refractivity contribution is 0.544. The maximum absolute atomic E-state index is 3.88. The van der Waals surface area contributed by atoms with Crippen LogP contribution in [-0.4, -0.2) is 4.83 Å². The van der Waals surface area contributed by atoms with Gasteiger partial charge in [-0.05, 0) is 42.2 Å². The smallest absolute Gasteiger partial charge is 0.0426 e. The molecule has 0 amide bonds. The molecule has 0 saturated heterocycles.